The van der Waals surface area contributed by atoms with E-state index < -0.39 is 11.5 Å². The highest BCUT2D eigenvalue weighted by Crippen LogP contribution is 2.28. The van der Waals surface area contributed by atoms with Gasteiger partial charge in [-0.15, -0.1) is 0 Å². The van der Waals surface area contributed by atoms with Gasteiger partial charge in [-0.1, -0.05) is 43.3 Å². The summed E-state index contributed by atoms with van der Waals surface area (Å²) in [7, 11) is 0. The summed E-state index contributed by atoms with van der Waals surface area (Å²) in [5.74, 6) is -0.600. The number of likely N-dealkylation sites (tertiary alicyclic amines) is 1. The number of benzene rings is 2. The molecule has 2 aromatic carbocycles. The fourth-order valence-electron chi connectivity index (χ4n) is 3.45. The van der Waals surface area contributed by atoms with E-state index in [4.69, 9.17) is 5.73 Å². The third-order valence-electron chi connectivity index (χ3n) is 5.04. The fourth-order valence-corrected chi connectivity index (χ4v) is 3.45. The number of nitrogens with two attached hydrogens (primary N) is 1. The van der Waals surface area contributed by atoms with Crippen molar-refractivity contribution in [2.45, 2.75) is 38.3 Å². The molecule has 2 aromatic rings. The molecule has 1 heterocycles. The number of carbonyl (C=O) groups is 1. The Balaban J connectivity index is 1.84. The maximum atomic E-state index is 11.4. The molecule has 0 spiro atoms. The summed E-state index contributed by atoms with van der Waals surface area (Å²) in [5, 5.41) is 12.8. The molecule has 1 saturated heterocycles. The van der Waals surface area contributed by atoms with Crippen LogP contribution in [0.15, 0.2) is 36.4 Å². The first-order valence-electron chi connectivity index (χ1n) is 8.27. The average Bonchev–Trinajstić information content (AvgIpc) is 2.57. The monoisotopic (exact) mass is 312 g/mol. The van der Waals surface area contributed by atoms with Crippen molar-refractivity contribution in [2.75, 3.05) is 13.1 Å². The Labute approximate surface area is 136 Å². The maximum Gasteiger partial charge on any atom is 0.249 e. The van der Waals surface area contributed by atoms with Crippen LogP contribution in [0.1, 0.15) is 30.9 Å². The highest BCUT2D eigenvalue weighted by atomic mass is 16.3. The topological polar surface area (TPSA) is 66.6 Å². The third-order valence-corrected chi connectivity index (χ3v) is 5.04. The van der Waals surface area contributed by atoms with E-state index in [0.29, 0.717) is 25.9 Å². The normalized spacial score (nSPS) is 18.2. The summed E-state index contributed by atoms with van der Waals surface area (Å²) in [4.78, 5) is 13.7. The van der Waals surface area contributed by atoms with Crippen LogP contribution in [-0.2, 0) is 17.8 Å². The molecular weight excluding hydrogens is 288 g/mol. The zero-order valence-electron chi connectivity index (χ0n) is 13.6. The summed E-state index contributed by atoms with van der Waals surface area (Å²) in [6, 6.07) is 12.8. The summed E-state index contributed by atoms with van der Waals surface area (Å²) in [5.41, 5.74) is 6.70. The number of hydrogen-bond donors (Lipinski definition) is 2. The van der Waals surface area contributed by atoms with Gasteiger partial charge >= 0.3 is 0 Å². The van der Waals surface area contributed by atoms with Crippen molar-refractivity contribution < 1.29 is 9.90 Å². The lowest BCUT2D eigenvalue weighted by atomic mass is 9.90. The number of piperidine rings is 1. The standard InChI is InChI=1S/C19H24N2O2/c1-2-14-7-8-15-5-3-4-6-16(15)17(14)13-21-11-9-19(23,10-12-21)18(20)22/h3-8,23H,2,9-13H2,1H3,(H2,20,22). The van der Waals surface area contributed by atoms with Crippen LogP contribution < -0.4 is 5.73 Å². The predicted molar refractivity (Wildman–Crippen MR) is 92.0 cm³/mol. The summed E-state index contributed by atoms with van der Waals surface area (Å²) in [6.45, 7) is 4.40. The molecular formula is C19H24N2O2. The van der Waals surface area contributed by atoms with Crippen molar-refractivity contribution in [3.63, 3.8) is 0 Å². The number of carbonyl (C=O) groups excluding carboxylic acids is 1. The Morgan fingerprint density at radius 1 is 1.22 bits per heavy atom. The van der Waals surface area contributed by atoms with Gasteiger partial charge in [0.2, 0.25) is 5.91 Å². The quantitative estimate of drug-likeness (QED) is 0.909. The molecule has 4 nitrogen and oxygen atoms in total. The van der Waals surface area contributed by atoms with Crippen molar-refractivity contribution in [1.82, 2.24) is 4.90 Å². The number of hydrogen-bond acceptors (Lipinski definition) is 3. The molecule has 1 fully saturated rings. The Kier molecular flexibility index (Phi) is 4.37. The van der Waals surface area contributed by atoms with Crippen LogP contribution in [0.25, 0.3) is 10.8 Å². The van der Waals surface area contributed by atoms with E-state index in [1.165, 1.54) is 21.9 Å². The maximum absolute atomic E-state index is 11.4. The molecule has 0 unspecified atom stereocenters. The van der Waals surface area contributed by atoms with Crippen LogP contribution in [-0.4, -0.2) is 34.6 Å². The number of fused-ring (bicyclic) bond motifs is 1. The van der Waals surface area contributed by atoms with Gasteiger partial charge in [0.15, 0.2) is 0 Å². The van der Waals surface area contributed by atoms with Gasteiger partial charge in [0, 0.05) is 19.6 Å². The Hall–Kier alpha value is -1.91. The van der Waals surface area contributed by atoms with E-state index in [2.05, 4.69) is 48.2 Å². The molecule has 3 rings (SSSR count). The average molecular weight is 312 g/mol. The molecule has 0 saturated carbocycles. The molecule has 1 amide bonds. The van der Waals surface area contributed by atoms with E-state index in [0.717, 1.165) is 13.0 Å². The van der Waals surface area contributed by atoms with Crippen LogP contribution in [0.3, 0.4) is 0 Å². The minimum Gasteiger partial charge on any atom is -0.380 e. The van der Waals surface area contributed by atoms with Crippen LogP contribution in [0.5, 0.6) is 0 Å². The smallest absolute Gasteiger partial charge is 0.249 e. The molecule has 122 valence electrons. The second-order valence-corrected chi connectivity index (χ2v) is 6.45. The molecule has 0 aliphatic carbocycles. The fraction of sp³-hybridized carbons (Fsp3) is 0.421. The number of amides is 1. The van der Waals surface area contributed by atoms with Gasteiger partial charge in [0.25, 0.3) is 0 Å². The van der Waals surface area contributed by atoms with Crippen molar-refractivity contribution >= 4 is 16.7 Å². The molecule has 0 aromatic heterocycles. The molecule has 1 aliphatic rings. The van der Waals surface area contributed by atoms with Crippen LogP contribution >= 0.6 is 0 Å². The van der Waals surface area contributed by atoms with E-state index in [1.807, 2.05) is 0 Å². The van der Waals surface area contributed by atoms with Crippen molar-refractivity contribution in [3.05, 3.63) is 47.5 Å². The molecule has 3 N–H and O–H groups in total. The van der Waals surface area contributed by atoms with Crippen LogP contribution in [0.2, 0.25) is 0 Å². The summed E-state index contributed by atoms with van der Waals surface area (Å²) < 4.78 is 0. The van der Waals surface area contributed by atoms with E-state index >= 15 is 0 Å². The molecule has 1 aliphatic heterocycles. The Bertz CT molecular complexity index is 718. The molecule has 4 heteroatoms. The first-order valence-corrected chi connectivity index (χ1v) is 8.27. The van der Waals surface area contributed by atoms with Gasteiger partial charge in [-0.25, -0.2) is 0 Å². The number of primary amides is 1. The van der Waals surface area contributed by atoms with Crippen molar-refractivity contribution in [1.29, 1.82) is 0 Å². The summed E-state index contributed by atoms with van der Waals surface area (Å²) in [6.07, 6.45) is 1.82. The van der Waals surface area contributed by atoms with Crippen LogP contribution in [0, 0.1) is 0 Å². The number of rotatable bonds is 4. The minimum atomic E-state index is -1.33. The number of aliphatic hydroxyl groups is 1. The summed E-state index contributed by atoms with van der Waals surface area (Å²) >= 11 is 0. The SMILES string of the molecule is CCc1ccc2ccccc2c1CN1CCC(O)(C(N)=O)CC1. The van der Waals surface area contributed by atoms with E-state index in [1.54, 1.807) is 0 Å². The van der Waals surface area contributed by atoms with Gasteiger partial charge in [-0.05, 0) is 41.2 Å². The lowest BCUT2D eigenvalue weighted by molar-refractivity contribution is -0.141. The Morgan fingerprint density at radius 3 is 2.57 bits per heavy atom. The highest BCUT2D eigenvalue weighted by Gasteiger charge is 2.37. The van der Waals surface area contributed by atoms with Crippen LogP contribution in [0.4, 0.5) is 0 Å². The molecule has 0 bridgehead atoms. The molecule has 23 heavy (non-hydrogen) atoms. The minimum absolute atomic E-state index is 0.411. The number of aryl methyl sites for hydroxylation is 1. The lowest BCUT2D eigenvalue weighted by Gasteiger charge is -2.36. The van der Waals surface area contributed by atoms with Gasteiger partial charge in [-0.2, -0.15) is 0 Å². The van der Waals surface area contributed by atoms with E-state index in [9.17, 15) is 9.90 Å². The first kappa shape index (κ1) is 16.0. The Morgan fingerprint density at radius 2 is 1.91 bits per heavy atom. The second-order valence-electron chi connectivity index (χ2n) is 6.45. The van der Waals surface area contributed by atoms with Gasteiger partial charge < -0.3 is 10.8 Å². The van der Waals surface area contributed by atoms with Gasteiger partial charge in [0.05, 0.1) is 0 Å². The van der Waals surface area contributed by atoms with Gasteiger partial charge in [0.1, 0.15) is 5.60 Å². The highest BCUT2D eigenvalue weighted by molar-refractivity contribution is 5.87. The van der Waals surface area contributed by atoms with Gasteiger partial charge in [-0.3, -0.25) is 9.69 Å². The van der Waals surface area contributed by atoms with Crippen molar-refractivity contribution in [2.24, 2.45) is 5.73 Å². The molecule has 0 radical (unpaired) electrons. The second kappa shape index (κ2) is 6.30. The lowest BCUT2D eigenvalue weighted by Crippen LogP contribution is -2.52. The van der Waals surface area contributed by atoms with Crippen molar-refractivity contribution in [3.8, 4) is 0 Å². The van der Waals surface area contributed by atoms with E-state index in [-0.39, 0.29) is 0 Å². The zero-order valence-corrected chi connectivity index (χ0v) is 13.6. The largest absolute Gasteiger partial charge is 0.380 e. The molecule has 0 atom stereocenters. The first-order chi connectivity index (χ1) is 11.0. The zero-order chi connectivity index (χ0) is 16.4. The third kappa shape index (κ3) is 3.09. The predicted octanol–water partition coefficient (Wildman–Crippen LogP) is 2.21. The number of nitrogens with zero attached hydrogens (tertiary/aromatic N) is 1.